The minimum atomic E-state index is -2.85. The fourth-order valence-corrected chi connectivity index (χ4v) is 10.2. The van der Waals surface area contributed by atoms with E-state index in [1.165, 1.54) is 10.7 Å². The van der Waals surface area contributed by atoms with Crippen LogP contribution in [0.3, 0.4) is 0 Å². The number of hydrogen-bond donors (Lipinski definition) is 2. The Morgan fingerprint density at radius 3 is 2.65 bits per heavy atom. The molecule has 8 heterocycles. The number of fused-ring (bicyclic) bond motifs is 4. The molecular formula is C45H51F2N11O5. The number of aromatic nitrogens is 7. The quantitative estimate of drug-likeness (QED) is 0.132. The number of hydrogen-bond acceptors (Lipinski definition) is 11. The topological polar surface area (TPSA) is 166 Å². The maximum Gasteiger partial charge on any atom is 0.284 e. The van der Waals surface area contributed by atoms with Gasteiger partial charge in [0.05, 0.1) is 65.5 Å². The van der Waals surface area contributed by atoms with Crippen LogP contribution in [0.1, 0.15) is 110 Å². The van der Waals surface area contributed by atoms with Gasteiger partial charge in [0.25, 0.3) is 12.3 Å². The van der Waals surface area contributed by atoms with Gasteiger partial charge in [0.1, 0.15) is 18.0 Å². The summed E-state index contributed by atoms with van der Waals surface area (Å²) in [6.07, 6.45) is 9.25. The fraction of sp³-hybridized carbons (Fsp3) is 0.533. The lowest BCUT2D eigenvalue weighted by atomic mass is 9.85. The van der Waals surface area contributed by atoms with Gasteiger partial charge in [0.2, 0.25) is 11.8 Å². The first-order valence-electron chi connectivity index (χ1n) is 22.3. The Kier molecular flexibility index (Phi) is 11.4. The number of aryl methyl sites for hydroxylation is 1. The number of anilines is 2. The van der Waals surface area contributed by atoms with E-state index in [1.54, 1.807) is 17.1 Å². The lowest BCUT2D eigenvalue weighted by molar-refractivity contribution is -0.134. The predicted molar refractivity (Wildman–Crippen MR) is 227 cm³/mol. The van der Waals surface area contributed by atoms with E-state index in [2.05, 4.69) is 42.5 Å². The summed E-state index contributed by atoms with van der Waals surface area (Å²) in [4.78, 5) is 47.4. The molecule has 5 fully saturated rings. The first-order chi connectivity index (χ1) is 30.7. The number of morpholine rings is 1. The number of nitrogens with one attached hydrogen (secondary N) is 2. The summed E-state index contributed by atoms with van der Waals surface area (Å²) < 4.78 is 45.6. The van der Waals surface area contributed by atoms with Crippen molar-refractivity contribution < 1.29 is 32.6 Å². The van der Waals surface area contributed by atoms with Gasteiger partial charge in [-0.1, -0.05) is 24.0 Å². The summed E-state index contributed by atoms with van der Waals surface area (Å²) in [5.74, 6) is 6.14. The number of para-hydroxylation sites is 1. The van der Waals surface area contributed by atoms with Crippen molar-refractivity contribution in [2.45, 2.75) is 108 Å². The number of alkyl halides is 2. The molecule has 3 atom stereocenters. The SMILES string of the molecule is CCn1nc(C2CCC(=O)NC2=O)c2cccc(C#CCOC3CCN(CC4CCC(n5cc(NC(=O)c6cnn7ccc(N8C[C@@H]9C[C@H]8CO9)nc67)c(C(F)F)n5)CC4)CC3)c21. The van der Waals surface area contributed by atoms with E-state index in [0.29, 0.717) is 49.9 Å². The van der Waals surface area contributed by atoms with Crippen LogP contribution in [0.25, 0.3) is 16.6 Å². The molecule has 330 valence electrons. The highest BCUT2D eigenvalue weighted by molar-refractivity contribution is 6.08. The second kappa shape index (κ2) is 17.4. The van der Waals surface area contributed by atoms with Crippen molar-refractivity contribution in [1.82, 2.24) is 44.4 Å². The van der Waals surface area contributed by atoms with Crippen molar-refractivity contribution >= 4 is 45.8 Å². The molecular weight excluding hydrogens is 813 g/mol. The van der Waals surface area contributed by atoms with E-state index < -0.39 is 23.9 Å². The number of likely N-dealkylation sites (tertiary alicyclic amines) is 1. The molecule has 3 amide bonds. The third kappa shape index (κ3) is 8.29. The summed E-state index contributed by atoms with van der Waals surface area (Å²) in [6.45, 7) is 7.19. The Morgan fingerprint density at radius 1 is 1.06 bits per heavy atom. The number of benzene rings is 1. The molecule has 4 aromatic heterocycles. The lowest BCUT2D eigenvalue weighted by Crippen LogP contribution is -2.40. The van der Waals surface area contributed by atoms with E-state index in [-0.39, 0.29) is 47.4 Å². The summed E-state index contributed by atoms with van der Waals surface area (Å²) in [5.41, 5.74) is 2.51. The van der Waals surface area contributed by atoms with Crippen LogP contribution in [-0.4, -0.2) is 114 Å². The van der Waals surface area contributed by atoms with Crippen LogP contribution in [0.2, 0.25) is 0 Å². The smallest absolute Gasteiger partial charge is 0.284 e. The number of carbonyl (C=O) groups is 3. The highest BCUT2D eigenvalue weighted by Gasteiger charge is 2.40. The van der Waals surface area contributed by atoms with Gasteiger partial charge in [-0.05, 0) is 76.3 Å². The number of nitrogens with zero attached hydrogens (tertiary/aromatic N) is 9. The monoisotopic (exact) mass is 863 g/mol. The number of ether oxygens (including phenoxy) is 2. The highest BCUT2D eigenvalue weighted by atomic mass is 19.3. The molecule has 16 nitrogen and oxygen atoms in total. The third-order valence-electron chi connectivity index (χ3n) is 13.5. The Labute approximate surface area is 362 Å². The number of rotatable bonds is 11. The van der Waals surface area contributed by atoms with Crippen LogP contribution >= 0.6 is 0 Å². The Balaban J connectivity index is 0.698. The zero-order valence-corrected chi connectivity index (χ0v) is 35.2. The maximum absolute atomic E-state index is 14.3. The largest absolute Gasteiger partial charge is 0.374 e. The zero-order chi connectivity index (χ0) is 43.2. The molecule has 2 N–H and O–H groups in total. The molecule has 5 aromatic rings. The van der Waals surface area contributed by atoms with E-state index in [4.69, 9.17) is 19.6 Å². The van der Waals surface area contributed by atoms with Gasteiger partial charge in [0, 0.05) is 56.9 Å². The molecule has 4 saturated heterocycles. The van der Waals surface area contributed by atoms with Gasteiger partial charge >= 0.3 is 0 Å². The van der Waals surface area contributed by atoms with Gasteiger partial charge in [-0.15, -0.1) is 0 Å². The molecule has 0 radical (unpaired) electrons. The molecule has 1 aliphatic carbocycles. The Morgan fingerprint density at radius 2 is 1.90 bits per heavy atom. The minimum absolute atomic E-state index is 0.000339. The summed E-state index contributed by atoms with van der Waals surface area (Å²) in [7, 11) is 0. The van der Waals surface area contributed by atoms with Crippen LogP contribution in [-0.2, 0) is 25.6 Å². The molecule has 1 unspecified atom stereocenters. The Bertz CT molecular complexity index is 2600. The van der Waals surface area contributed by atoms with Crippen LogP contribution in [0, 0.1) is 17.8 Å². The van der Waals surface area contributed by atoms with E-state index in [1.807, 2.05) is 35.9 Å². The minimum Gasteiger partial charge on any atom is -0.374 e. The van der Waals surface area contributed by atoms with Crippen molar-refractivity contribution in [2.75, 3.05) is 49.6 Å². The second-order valence-electron chi connectivity index (χ2n) is 17.5. The molecule has 63 heavy (non-hydrogen) atoms. The van der Waals surface area contributed by atoms with Crippen LogP contribution in [0.15, 0.2) is 42.9 Å². The van der Waals surface area contributed by atoms with Crippen molar-refractivity contribution in [1.29, 1.82) is 0 Å². The van der Waals surface area contributed by atoms with Crippen molar-refractivity contribution in [2.24, 2.45) is 5.92 Å². The van der Waals surface area contributed by atoms with Crippen LogP contribution in [0.5, 0.6) is 0 Å². The van der Waals surface area contributed by atoms with Gasteiger partial charge in [-0.3, -0.25) is 29.1 Å². The van der Waals surface area contributed by atoms with E-state index in [0.717, 1.165) is 93.4 Å². The second-order valence-corrected chi connectivity index (χ2v) is 17.5. The van der Waals surface area contributed by atoms with Crippen molar-refractivity contribution in [3.63, 3.8) is 0 Å². The van der Waals surface area contributed by atoms with Gasteiger partial charge < -0.3 is 24.6 Å². The van der Waals surface area contributed by atoms with Crippen LogP contribution < -0.4 is 15.5 Å². The highest BCUT2D eigenvalue weighted by Crippen LogP contribution is 2.37. The van der Waals surface area contributed by atoms with Crippen molar-refractivity contribution in [3.8, 4) is 11.8 Å². The molecule has 10 rings (SSSR count). The number of piperidine rings is 2. The van der Waals surface area contributed by atoms with Crippen LogP contribution in [0.4, 0.5) is 20.3 Å². The van der Waals surface area contributed by atoms with Gasteiger partial charge in [0.15, 0.2) is 11.3 Å². The Hall–Kier alpha value is -5.77. The molecule has 0 spiro atoms. The normalized spacial score (nSPS) is 24.4. The number of carbonyl (C=O) groups excluding carboxylic acids is 3. The van der Waals surface area contributed by atoms with Gasteiger partial charge in [-0.2, -0.15) is 15.3 Å². The average Bonchev–Trinajstić information content (AvgIpc) is 4.15. The average molecular weight is 864 g/mol. The van der Waals surface area contributed by atoms with Crippen molar-refractivity contribution in [3.05, 3.63) is 65.4 Å². The van der Waals surface area contributed by atoms with E-state index >= 15 is 0 Å². The maximum atomic E-state index is 14.3. The molecule has 5 aliphatic rings. The molecule has 2 bridgehead atoms. The first-order valence-corrected chi connectivity index (χ1v) is 22.3. The summed E-state index contributed by atoms with van der Waals surface area (Å²) >= 11 is 0. The number of amides is 3. The molecule has 1 aromatic carbocycles. The van der Waals surface area contributed by atoms with Gasteiger partial charge in [-0.25, -0.2) is 18.3 Å². The molecule has 4 aliphatic heterocycles. The number of halogens is 2. The summed E-state index contributed by atoms with van der Waals surface area (Å²) in [6, 6.07) is 7.93. The molecule has 18 heteroatoms. The number of imide groups is 1. The van der Waals surface area contributed by atoms with E-state index in [9.17, 15) is 23.2 Å². The predicted octanol–water partition coefficient (Wildman–Crippen LogP) is 5.25. The lowest BCUT2D eigenvalue weighted by Gasteiger charge is -2.36. The first kappa shape index (κ1) is 41.3. The molecule has 1 saturated carbocycles. The zero-order valence-electron chi connectivity index (χ0n) is 35.2. The standard InChI is InChI=1S/C45H51F2N11O5/c1-2-56-41-28(5-3-7-33(41)39(52-56)34-12-13-38(59)51-44(34)60)6-4-20-62-31-14-17-54(18-15-31)23-27-8-10-29(11-9-27)58-25-36(40(53-58)42(46)47)49-45(61)35-22-48-57-19-16-37(50-43(35)57)55-24-32-21-30(55)26-63-32/h3,5,7,16,19,22,25,27,29-32,34,42H,2,8-15,17-18,20-21,23-24,26H2,1H3,(H,49,61)(H,51,59,60)/t27?,29?,30-,32-,34?/m0/s1. The fourth-order valence-electron chi connectivity index (χ4n) is 10.2. The third-order valence-corrected chi connectivity index (χ3v) is 13.5. The summed E-state index contributed by atoms with van der Waals surface area (Å²) in [5, 5.41) is 19.4.